The molecular weight excluding hydrogens is 313 g/mol. The van der Waals surface area contributed by atoms with E-state index in [1.807, 2.05) is 0 Å². The van der Waals surface area contributed by atoms with E-state index in [1.54, 1.807) is 31.2 Å². The van der Waals surface area contributed by atoms with Crippen LogP contribution < -0.4 is 4.74 Å². The van der Waals surface area contributed by atoms with Gasteiger partial charge in [-0.25, -0.2) is 4.39 Å². The fraction of sp³-hybridized carbons (Fsp3) is 0.125. The number of fused-ring (bicyclic) bond motifs is 1. The molecule has 0 aliphatic heterocycles. The molecule has 0 saturated carbocycles. The van der Waals surface area contributed by atoms with Gasteiger partial charge in [-0.2, -0.15) is 4.52 Å². The Hall–Kier alpha value is -3.29. The smallest absolute Gasteiger partial charge is 0.232 e. The monoisotopic (exact) mass is 325 g/mol. The molecule has 3 heterocycles. The molecule has 4 aromatic rings. The molecular formula is C16H12FN5O2. The number of hydrogen-bond acceptors (Lipinski definition) is 6. The summed E-state index contributed by atoms with van der Waals surface area (Å²) in [7, 11) is 0. The largest absolute Gasteiger partial charge is 0.472 e. The van der Waals surface area contributed by atoms with Crippen LogP contribution in [-0.2, 0) is 6.61 Å². The normalized spacial score (nSPS) is 11.1. The lowest BCUT2D eigenvalue weighted by molar-refractivity contribution is 0.286. The van der Waals surface area contributed by atoms with Gasteiger partial charge in [0.1, 0.15) is 30.2 Å². The van der Waals surface area contributed by atoms with Crippen LogP contribution >= 0.6 is 0 Å². The number of rotatable bonds is 4. The van der Waals surface area contributed by atoms with E-state index in [-0.39, 0.29) is 12.4 Å². The molecule has 0 amide bonds. The third-order valence-electron chi connectivity index (χ3n) is 3.58. The van der Waals surface area contributed by atoms with Gasteiger partial charge in [0.2, 0.25) is 5.88 Å². The van der Waals surface area contributed by atoms with Crippen LogP contribution in [0.2, 0.25) is 0 Å². The summed E-state index contributed by atoms with van der Waals surface area (Å²) in [6.07, 6.45) is 1.49. The van der Waals surface area contributed by atoms with Crippen molar-refractivity contribution >= 4 is 5.65 Å². The van der Waals surface area contributed by atoms with Gasteiger partial charge >= 0.3 is 0 Å². The summed E-state index contributed by atoms with van der Waals surface area (Å²) in [5.41, 5.74) is 2.56. The molecule has 4 rings (SSSR count). The molecule has 3 aromatic heterocycles. The van der Waals surface area contributed by atoms with Gasteiger partial charge in [-0.3, -0.25) is 0 Å². The second-order valence-corrected chi connectivity index (χ2v) is 5.17. The summed E-state index contributed by atoms with van der Waals surface area (Å²) in [5.74, 6) is 0.687. The maximum absolute atomic E-state index is 13.4. The Morgan fingerprint density at radius 2 is 2.17 bits per heavy atom. The first kappa shape index (κ1) is 14.3. The van der Waals surface area contributed by atoms with Crippen LogP contribution in [0, 0.1) is 12.7 Å². The van der Waals surface area contributed by atoms with Crippen LogP contribution in [0.4, 0.5) is 4.39 Å². The van der Waals surface area contributed by atoms with Gasteiger partial charge in [0.25, 0.3) is 0 Å². The molecule has 0 saturated heterocycles. The quantitative estimate of drug-likeness (QED) is 0.574. The SMILES string of the molecule is Cc1onc(-c2cccc(F)c2)c1COc1ccc2nncn2n1. The second-order valence-electron chi connectivity index (χ2n) is 5.17. The molecule has 0 bridgehead atoms. The van der Waals surface area contributed by atoms with E-state index in [0.717, 1.165) is 5.56 Å². The molecule has 0 N–H and O–H groups in total. The Labute approximate surface area is 135 Å². The van der Waals surface area contributed by atoms with Crippen LogP contribution in [-0.4, -0.2) is 25.0 Å². The first-order valence-electron chi connectivity index (χ1n) is 7.21. The average Bonchev–Trinajstić information content (AvgIpc) is 3.19. The van der Waals surface area contributed by atoms with E-state index in [9.17, 15) is 4.39 Å². The van der Waals surface area contributed by atoms with E-state index in [1.165, 1.54) is 23.0 Å². The molecule has 1 aromatic carbocycles. The Morgan fingerprint density at radius 3 is 3.04 bits per heavy atom. The summed E-state index contributed by atoms with van der Waals surface area (Å²) in [6.45, 7) is 1.98. The van der Waals surface area contributed by atoms with Crippen molar-refractivity contribution in [2.24, 2.45) is 0 Å². The number of aromatic nitrogens is 5. The lowest BCUT2D eigenvalue weighted by Gasteiger charge is -2.06. The molecule has 0 aliphatic rings. The standard InChI is InChI=1S/C16H12FN5O2/c1-10-13(16(21-24-10)11-3-2-4-12(17)7-11)8-23-15-6-5-14-19-18-9-22(14)20-15/h2-7,9H,8H2,1H3. The molecule has 7 nitrogen and oxygen atoms in total. The topological polar surface area (TPSA) is 78.3 Å². The van der Waals surface area contributed by atoms with E-state index in [4.69, 9.17) is 9.26 Å². The Balaban J connectivity index is 1.61. The maximum atomic E-state index is 13.4. The predicted octanol–water partition coefficient (Wildman–Crippen LogP) is 2.81. The number of aryl methyl sites for hydroxylation is 1. The Bertz CT molecular complexity index is 1010. The molecule has 24 heavy (non-hydrogen) atoms. The van der Waals surface area contributed by atoms with Crippen LogP contribution in [0.15, 0.2) is 47.2 Å². The zero-order valence-electron chi connectivity index (χ0n) is 12.7. The van der Waals surface area contributed by atoms with Crippen LogP contribution in [0.25, 0.3) is 16.9 Å². The Morgan fingerprint density at radius 1 is 1.25 bits per heavy atom. The van der Waals surface area contributed by atoms with Crippen LogP contribution in [0.5, 0.6) is 5.88 Å². The van der Waals surface area contributed by atoms with Crippen molar-refractivity contribution in [1.29, 1.82) is 0 Å². The van der Waals surface area contributed by atoms with Gasteiger partial charge < -0.3 is 9.26 Å². The van der Waals surface area contributed by atoms with Crippen molar-refractivity contribution < 1.29 is 13.7 Å². The summed E-state index contributed by atoms with van der Waals surface area (Å²) >= 11 is 0. The summed E-state index contributed by atoms with van der Waals surface area (Å²) in [5, 5.41) is 15.9. The molecule has 0 aliphatic carbocycles. The van der Waals surface area contributed by atoms with Gasteiger partial charge in [-0.05, 0) is 25.1 Å². The number of hydrogen-bond donors (Lipinski definition) is 0. The van der Waals surface area contributed by atoms with Crippen molar-refractivity contribution in [3.63, 3.8) is 0 Å². The summed E-state index contributed by atoms with van der Waals surface area (Å²) < 4.78 is 25.9. The molecule has 0 spiro atoms. The fourth-order valence-electron chi connectivity index (χ4n) is 2.36. The molecule has 120 valence electrons. The molecule has 0 fully saturated rings. The average molecular weight is 325 g/mol. The van der Waals surface area contributed by atoms with Gasteiger partial charge in [-0.1, -0.05) is 17.3 Å². The fourth-order valence-corrected chi connectivity index (χ4v) is 2.36. The van der Waals surface area contributed by atoms with E-state index in [0.29, 0.717) is 28.5 Å². The van der Waals surface area contributed by atoms with Crippen molar-refractivity contribution in [1.82, 2.24) is 25.0 Å². The first-order chi connectivity index (χ1) is 11.7. The minimum absolute atomic E-state index is 0.196. The molecule has 0 unspecified atom stereocenters. The lowest BCUT2D eigenvalue weighted by Crippen LogP contribution is -2.01. The third kappa shape index (κ3) is 2.58. The Kier molecular flexibility index (Phi) is 3.42. The minimum atomic E-state index is -0.334. The van der Waals surface area contributed by atoms with Crippen molar-refractivity contribution in [2.75, 3.05) is 0 Å². The number of benzene rings is 1. The molecule has 0 radical (unpaired) electrons. The summed E-state index contributed by atoms with van der Waals surface area (Å²) in [4.78, 5) is 0. The van der Waals surface area contributed by atoms with Crippen LogP contribution in [0.3, 0.4) is 0 Å². The molecule has 8 heteroatoms. The highest BCUT2D eigenvalue weighted by Crippen LogP contribution is 2.26. The van der Waals surface area contributed by atoms with Gasteiger partial charge in [0.15, 0.2) is 5.65 Å². The molecule has 0 atom stereocenters. The highest BCUT2D eigenvalue weighted by Gasteiger charge is 2.16. The lowest BCUT2D eigenvalue weighted by atomic mass is 10.1. The van der Waals surface area contributed by atoms with E-state index >= 15 is 0 Å². The van der Waals surface area contributed by atoms with Crippen molar-refractivity contribution in [3.05, 3.63) is 59.9 Å². The second kappa shape index (κ2) is 5.73. The highest BCUT2D eigenvalue weighted by atomic mass is 19.1. The van der Waals surface area contributed by atoms with E-state index < -0.39 is 0 Å². The zero-order valence-corrected chi connectivity index (χ0v) is 12.7. The van der Waals surface area contributed by atoms with Crippen LogP contribution in [0.1, 0.15) is 11.3 Å². The summed E-state index contributed by atoms with van der Waals surface area (Å²) in [6, 6.07) is 9.64. The van der Waals surface area contributed by atoms with E-state index in [2.05, 4.69) is 20.5 Å². The number of nitrogens with zero attached hydrogens (tertiary/aromatic N) is 5. The third-order valence-corrected chi connectivity index (χ3v) is 3.58. The van der Waals surface area contributed by atoms with Crippen molar-refractivity contribution in [3.8, 4) is 17.1 Å². The minimum Gasteiger partial charge on any atom is -0.472 e. The zero-order chi connectivity index (χ0) is 16.5. The van der Waals surface area contributed by atoms with Gasteiger partial charge in [0, 0.05) is 11.6 Å². The number of ether oxygens (including phenoxy) is 1. The number of halogens is 1. The van der Waals surface area contributed by atoms with Crippen molar-refractivity contribution in [2.45, 2.75) is 13.5 Å². The van der Waals surface area contributed by atoms with Gasteiger partial charge in [0.05, 0.1) is 5.56 Å². The predicted molar refractivity (Wildman–Crippen MR) is 81.7 cm³/mol. The maximum Gasteiger partial charge on any atom is 0.232 e. The highest BCUT2D eigenvalue weighted by molar-refractivity contribution is 5.63. The first-order valence-corrected chi connectivity index (χ1v) is 7.21. The van der Waals surface area contributed by atoms with Gasteiger partial charge in [-0.15, -0.1) is 15.3 Å².